The monoisotopic (exact) mass is 196 g/mol. The fraction of sp³-hybridized carbons (Fsp3) is 0.167. The van der Waals surface area contributed by atoms with Gasteiger partial charge in [-0.15, -0.1) is 23.7 Å². The molecular formula is C6H6Cl2OS. The van der Waals surface area contributed by atoms with Crippen molar-refractivity contribution in [2.75, 3.05) is 0 Å². The largest absolute Gasteiger partial charge is 0.294 e. The van der Waals surface area contributed by atoms with Crippen molar-refractivity contribution < 1.29 is 4.79 Å². The van der Waals surface area contributed by atoms with Crippen molar-refractivity contribution in [3.05, 3.63) is 21.3 Å². The van der Waals surface area contributed by atoms with E-state index in [4.69, 9.17) is 11.6 Å². The van der Waals surface area contributed by atoms with Gasteiger partial charge in [-0.1, -0.05) is 11.6 Å². The average molecular weight is 197 g/mol. The van der Waals surface area contributed by atoms with Crippen LogP contribution in [-0.2, 0) is 0 Å². The van der Waals surface area contributed by atoms with Crippen LogP contribution in [0.2, 0.25) is 5.02 Å². The molecule has 4 heteroatoms. The standard InChI is InChI=1S/C6H5ClOS.ClH/c1-4(8)6-5(7)2-3-9-6;/h2-3H,1H3;1H. The second kappa shape index (κ2) is 3.96. The molecule has 0 unspecified atom stereocenters. The molecule has 0 aliphatic carbocycles. The highest BCUT2D eigenvalue weighted by Gasteiger charge is 2.04. The minimum atomic E-state index is 0. The zero-order valence-electron chi connectivity index (χ0n) is 5.26. The van der Waals surface area contributed by atoms with Gasteiger partial charge in [0.2, 0.25) is 0 Å². The van der Waals surface area contributed by atoms with Crippen molar-refractivity contribution in [2.45, 2.75) is 6.92 Å². The predicted molar refractivity (Wildman–Crippen MR) is 46.6 cm³/mol. The molecule has 1 nitrogen and oxygen atoms in total. The molecule has 1 heterocycles. The summed E-state index contributed by atoms with van der Waals surface area (Å²) in [4.78, 5) is 11.3. The van der Waals surface area contributed by atoms with Crippen LogP contribution >= 0.6 is 35.3 Å². The molecule has 1 rings (SSSR count). The van der Waals surface area contributed by atoms with Crippen molar-refractivity contribution in [3.8, 4) is 0 Å². The zero-order chi connectivity index (χ0) is 6.85. The summed E-state index contributed by atoms with van der Waals surface area (Å²) in [6.45, 7) is 1.51. The van der Waals surface area contributed by atoms with Gasteiger partial charge in [-0.05, 0) is 11.4 Å². The van der Waals surface area contributed by atoms with Gasteiger partial charge in [0.1, 0.15) is 0 Å². The fourth-order valence-electron chi connectivity index (χ4n) is 0.545. The lowest BCUT2D eigenvalue weighted by Crippen LogP contribution is -1.85. The number of halogens is 2. The van der Waals surface area contributed by atoms with Crippen LogP contribution in [0.1, 0.15) is 16.6 Å². The Morgan fingerprint density at radius 2 is 2.30 bits per heavy atom. The molecule has 0 radical (unpaired) electrons. The molecule has 1 aromatic rings. The molecule has 0 amide bonds. The van der Waals surface area contributed by atoms with Crippen LogP contribution in [0.15, 0.2) is 11.4 Å². The molecule has 0 spiro atoms. The second-order valence-electron chi connectivity index (χ2n) is 1.65. The van der Waals surface area contributed by atoms with Gasteiger partial charge < -0.3 is 0 Å². The van der Waals surface area contributed by atoms with Gasteiger partial charge in [-0.2, -0.15) is 0 Å². The van der Waals surface area contributed by atoms with Crippen LogP contribution in [-0.4, -0.2) is 5.78 Å². The Labute approximate surface area is 74.4 Å². The smallest absolute Gasteiger partial charge is 0.171 e. The second-order valence-corrected chi connectivity index (χ2v) is 2.98. The highest BCUT2D eigenvalue weighted by atomic mass is 35.5. The molecule has 0 aliphatic rings. The molecule has 0 saturated carbocycles. The van der Waals surface area contributed by atoms with Crippen molar-refractivity contribution in [2.24, 2.45) is 0 Å². The van der Waals surface area contributed by atoms with Crippen LogP contribution in [0.4, 0.5) is 0 Å². The Kier molecular flexibility index (Phi) is 3.94. The average Bonchev–Trinajstić information content (AvgIpc) is 2.13. The molecule has 0 N–H and O–H groups in total. The first-order chi connectivity index (χ1) is 4.22. The summed E-state index contributed by atoms with van der Waals surface area (Å²) in [5.74, 6) is 0.0370. The molecule has 1 aromatic heterocycles. The first-order valence-electron chi connectivity index (χ1n) is 2.45. The van der Waals surface area contributed by atoms with Crippen molar-refractivity contribution >= 4 is 41.1 Å². The molecule has 0 fully saturated rings. The summed E-state index contributed by atoms with van der Waals surface area (Å²) in [6, 6.07) is 1.73. The van der Waals surface area contributed by atoms with Crippen LogP contribution in [0.25, 0.3) is 0 Å². The highest BCUT2D eigenvalue weighted by molar-refractivity contribution is 7.12. The van der Waals surface area contributed by atoms with Gasteiger partial charge in [0.25, 0.3) is 0 Å². The van der Waals surface area contributed by atoms with E-state index in [1.54, 1.807) is 11.4 Å². The number of Topliss-reactive ketones (excluding diaryl/α,β-unsaturated/α-hetero) is 1. The quantitative estimate of drug-likeness (QED) is 0.632. The number of rotatable bonds is 1. The third kappa shape index (κ3) is 1.97. The first-order valence-corrected chi connectivity index (χ1v) is 3.71. The lowest BCUT2D eigenvalue weighted by atomic mass is 10.4. The third-order valence-corrected chi connectivity index (χ3v) is 2.38. The summed E-state index contributed by atoms with van der Waals surface area (Å²) in [7, 11) is 0. The lowest BCUT2D eigenvalue weighted by Gasteiger charge is -1.85. The lowest BCUT2D eigenvalue weighted by molar-refractivity contribution is 0.102. The van der Waals surface area contributed by atoms with E-state index in [1.807, 2.05) is 0 Å². The van der Waals surface area contributed by atoms with E-state index in [0.717, 1.165) is 0 Å². The van der Waals surface area contributed by atoms with Gasteiger partial charge >= 0.3 is 0 Å². The highest BCUT2D eigenvalue weighted by Crippen LogP contribution is 2.21. The molecule has 0 atom stereocenters. The minimum Gasteiger partial charge on any atom is -0.294 e. The van der Waals surface area contributed by atoms with Crippen LogP contribution in [0.3, 0.4) is 0 Å². The van der Waals surface area contributed by atoms with Crippen molar-refractivity contribution in [3.63, 3.8) is 0 Å². The maximum absolute atomic E-state index is 10.7. The Balaban J connectivity index is 0.000000810. The van der Waals surface area contributed by atoms with E-state index in [-0.39, 0.29) is 18.2 Å². The van der Waals surface area contributed by atoms with Gasteiger partial charge in [-0.3, -0.25) is 4.79 Å². The number of thiophene rings is 1. The summed E-state index contributed by atoms with van der Waals surface area (Å²) in [5.41, 5.74) is 0. The van der Waals surface area contributed by atoms with E-state index in [9.17, 15) is 4.79 Å². The van der Waals surface area contributed by atoms with Crippen molar-refractivity contribution in [1.82, 2.24) is 0 Å². The molecule has 0 aromatic carbocycles. The summed E-state index contributed by atoms with van der Waals surface area (Å²) in [6.07, 6.45) is 0. The Morgan fingerprint density at radius 3 is 2.50 bits per heavy atom. The number of ketones is 1. The number of carbonyl (C=O) groups is 1. The normalized spacial score (nSPS) is 8.60. The van der Waals surface area contributed by atoms with Crippen LogP contribution in [0, 0.1) is 0 Å². The van der Waals surface area contributed by atoms with E-state index < -0.39 is 0 Å². The van der Waals surface area contributed by atoms with Crippen LogP contribution in [0.5, 0.6) is 0 Å². The maximum Gasteiger partial charge on any atom is 0.171 e. The van der Waals surface area contributed by atoms with E-state index in [0.29, 0.717) is 9.90 Å². The molecule has 0 saturated heterocycles. The first kappa shape index (κ1) is 9.95. The maximum atomic E-state index is 10.7. The van der Waals surface area contributed by atoms with Gasteiger partial charge in [0.05, 0.1) is 9.90 Å². The number of carbonyl (C=O) groups excluding carboxylic acids is 1. The Morgan fingerprint density at radius 1 is 1.70 bits per heavy atom. The third-order valence-electron chi connectivity index (χ3n) is 0.937. The van der Waals surface area contributed by atoms with E-state index in [1.165, 1.54) is 18.3 Å². The van der Waals surface area contributed by atoms with Gasteiger partial charge in [0.15, 0.2) is 5.78 Å². The van der Waals surface area contributed by atoms with Gasteiger partial charge in [-0.25, -0.2) is 0 Å². The van der Waals surface area contributed by atoms with E-state index in [2.05, 4.69) is 0 Å². The Hall–Kier alpha value is -0.0500. The zero-order valence-corrected chi connectivity index (χ0v) is 7.65. The molecule has 0 bridgehead atoms. The summed E-state index contributed by atoms with van der Waals surface area (Å²) >= 11 is 7.00. The molecular weight excluding hydrogens is 191 g/mol. The summed E-state index contributed by atoms with van der Waals surface area (Å²) in [5, 5.41) is 2.37. The molecule has 10 heavy (non-hydrogen) atoms. The predicted octanol–water partition coefficient (Wildman–Crippen LogP) is 3.03. The number of hydrogen-bond acceptors (Lipinski definition) is 2. The molecule has 56 valence electrons. The van der Waals surface area contributed by atoms with Gasteiger partial charge in [0, 0.05) is 6.92 Å². The van der Waals surface area contributed by atoms with E-state index >= 15 is 0 Å². The topological polar surface area (TPSA) is 17.1 Å². The number of hydrogen-bond donors (Lipinski definition) is 0. The minimum absolute atomic E-state index is 0. The fourth-order valence-corrected chi connectivity index (χ4v) is 1.64. The SMILES string of the molecule is CC(=O)c1sccc1Cl.Cl. The summed E-state index contributed by atoms with van der Waals surface area (Å²) < 4.78 is 0. The Bertz CT molecular complexity index is 231. The van der Waals surface area contributed by atoms with Crippen molar-refractivity contribution in [1.29, 1.82) is 0 Å². The molecule has 0 aliphatic heterocycles. The van der Waals surface area contributed by atoms with Crippen LogP contribution < -0.4 is 0 Å².